The van der Waals surface area contributed by atoms with E-state index in [9.17, 15) is 9.59 Å². The van der Waals surface area contributed by atoms with Crippen LogP contribution in [0.5, 0.6) is 0 Å². The van der Waals surface area contributed by atoms with Crippen LogP contribution >= 0.6 is 0 Å². The summed E-state index contributed by atoms with van der Waals surface area (Å²) in [4.78, 5) is 33.1. The highest BCUT2D eigenvalue weighted by atomic mass is 16.2. The van der Waals surface area contributed by atoms with Crippen molar-refractivity contribution in [2.45, 2.75) is 59.9 Å². The van der Waals surface area contributed by atoms with E-state index in [2.05, 4.69) is 20.8 Å². The van der Waals surface area contributed by atoms with Crippen LogP contribution in [0.4, 0.5) is 0 Å². The molecule has 0 aliphatic heterocycles. The Bertz CT molecular complexity index is 1100. The van der Waals surface area contributed by atoms with Gasteiger partial charge >= 0.3 is 0 Å². The first-order valence-corrected chi connectivity index (χ1v) is 11.3. The lowest BCUT2D eigenvalue weighted by atomic mass is 10.1. The van der Waals surface area contributed by atoms with Crippen LogP contribution in [-0.2, 0) is 11.2 Å². The summed E-state index contributed by atoms with van der Waals surface area (Å²) in [5.74, 6) is 1.15. The summed E-state index contributed by atoms with van der Waals surface area (Å²) in [6.45, 7) is 10.9. The summed E-state index contributed by atoms with van der Waals surface area (Å²) in [6, 6.07) is 15.1. The van der Waals surface area contributed by atoms with Crippen molar-refractivity contribution in [3.8, 4) is 5.69 Å². The second kappa shape index (κ2) is 9.90. The van der Waals surface area contributed by atoms with E-state index in [0.29, 0.717) is 35.6 Å². The summed E-state index contributed by atoms with van der Waals surface area (Å²) >= 11 is 0. The van der Waals surface area contributed by atoms with Gasteiger partial charge in [-0.05, 0) is 55.5 Å². The van der Waals surface area contributed by atoms with E-state index in [-0.39, 0.29) is 17.5 Å². The summed E-state index contributed by atoms with van der Waals surface area (Å²) in [6.07, 6.45) is 2.26. The van der Waals surface area contributed by atoms with Crippen LogP contribution in [0.25, 0.3) is 16.6 Å². The van der Waals surface area contributed by atoms with Gasteiger partial charge in [0.1, 0.15) is 5.82 Å². The van der Waals surface area contributed by atoms with Gasteiger partial charge in [0, 0.05) is 13.0 Å². The molecule has 164 valence electrons. The summed E-state index contributed by atoms with van der Waals surface area (Å²) in [5.41, 5.74) is 2.53. The van der Waals surface area contributed by atoms with Gasteiger partial charge in [0.25, 0.3) is 5.56 Å². The number of amides is 1. The first-order chi connectivity index (χ1) is 14.9. The van der Waals surface area contributed by atoms with Crippen LogP contribution in [0.3, 0.4) is 0 Å². The molecule has 3 rings (SSSR count). The molecule has 5 heteroatoms. The predicted octanol–water partition coefficient (Wildman–Crippen LogP) is 5.29. The lowest BCUT2D eigenvalue weighted by molar-refractivity contribution is -0.133. The first kappa shape index (κ1) is 22.7. The Morgan fingerprint density at radius 3 is 2.32 bits per heavy atom. The summed E-state index contributed by atoms with van der Waals surface area (Å²) in [5, 5.41) is 0.577. The Morgan fingerprint density at radius 1 is 1.03 bits per heavy atom. The minimum Gasteiger partial charge on any atom is -0.333 e. The van der Waals surface area contributed by atoms with E-state index >= 15 is 0 Å². The van der Waals surface area contributed by atoms with Crippen molar-refractivity contribution in [3.05, 3.63) is 70.3 Å². The van der Waals surface area contributed by atoms with Crippen molar-refractivity contribution in [2.75, 3.05) is 6.54 Å². The number of carbonyl (C=O) groups is 1. The minimum absolute atomic E-state index is 0.0726. The number of aromatic nitrogens is 2. The number of carbonyl (C=O) groups excluding carboxylic acids is 1. The van der Waals surface area contributed by atoms with Crippen LogP contribution in [0.15, 0.2) is 53.3 Å². The van der Waals surface area contributed by atoms with E-state index < -0.39 is 0 Å². The highest BCUT2D eigenvalue weighted by molar-refractivity contribution is 5.78. The maximum absolute atomic E-state index is 13.6. The zero-order valence-electron chi connectivity index (χ0n) is 19.3. The van der Waals surface area contributed by atoms with Gasteiger partial charge in [-0.2, -0.15) is 0 Å². The number of benzene rings is 2. The standard InChI is InChI=1S/C26H33N3O2/c1-6-20-12-14-21(15-13-20)29-25(27-23-11-9-8-10-22(23)26(29)31)19(5)28(24(30)7-2)17-16-18(3)4/h8-15,18-19H,6-7,16-17H2,1-5H3. The fourth-order valence-electron chi connectivity index (χ4n) is 3.83. The number of rotatable bonds is 8. The highest BCUT2D eigenvalue weighted by Gasteiger charge is 2.26. The van der Waals surface area contributed by atoms with Crippen LogP contribution in [0.2, 0.25) is 0 Å². The minimum atomic E-state index is -0.325. The highest BCUT2D eigenvalue weighted by Crippen LogP contribution is 2.24. The van der Waals surface area contributed by atoms with Crippen LogP contribution < -0.4 is 5.56 Å². The summed E-state index contributed by atoms with van der Waals surface area (Å²) in [7, 11) is 0. The van der Waals surface area contributed by atoms with E-state index in [4.69, 9.17) is 4.98 Å². The molecule has 31 heavy (non-hydrogen) atoms. The molecular weight excluding hydrogens is 386 g/mol. The van der Waals surface area contributed by atoms with Gasteiger partial charge in [-0.3, -0.25) is 14.2 Å². The van der Waals surface area contributed by atoms with Crippen molar-refractivity contribution in [1.29, 1.82) is 0 Å². The van der Waals surface area contributed by atoms with Gasteiger partial charge in [0.05, 0.1) is 22.6 Å². The molecule has 1 unspecified atom stereocenters. The molecule has 0 aliphatic carbocycles. The van der Waals surface area contributed by atoms with Crippen molar-refractivity contribution in [1.82, 2.24) is 14.5 Å². The normalized spacial score (nSPS) is 12.3. The van der Waals surface area contributed by atoms with Gasteiger partial charge in [-0.1, -0.05) is 52.0 Å². The molecule has 0 aliphatic rings. The maximum Gasteiger partial charge on any atom is 0.266 e. The molecule has 1 aromatic heterocycles. The number of hydrogen-bond donors (Lipinski definition) is 0. The number of para-hydroxylation sites is 1. The van der Waals surface area contributed by atoms with Crippen molar-refractivity contribution < 1.29 is 4.79 Å². The smallest absolute Gasteiger partial charge is 0.266 e. The molecule has 3 aromatic rings. The van der Waals surface area contributed by atoms with E-state index in [1.165, 1.54) is 5.56 Å². The van der Waals surface area contributed by atoms with Crippen LogP contribution in [0.1, 0.15) is 64.9 Å². The zero-order valence-corrected chi connectivity index (χ0v) is 19.3. The van der Waals surface area contributed by atoms with Gasteiger partial charge in [-0.15, -0.1) is 0 Å². The Balaban J connectivity index is 2.20. The van der Waals surface area contributed by atoms with E-state index in [0.717, 1.165) is 18.5 Å². The maximum atomic E-state index is 13.6. The fourth-order valence-corrected chi connectivity index (χ4v) is 3.83. The molecule has 1 amide bonds. The molecular formula is C26H33N3O2. The number of aryl methyl sites for hydroxylation is 1. The topological polar surface area (TPSA) is 55.2 Å². The SMILES string of the molecule is CCC(=O)N(CCC(C)C)C(C)c1nc2ccccc2c(=O)n1-c1ccc(CC)cc1. The number of nitrogens with zero attached hydrogens (tertiary/aromatic N) is 3. The third-order valence-electron chi connectivity index (χ3n) is 5.82. The van der Waals surface area contributed by atoms with Crippen molar-refractivity contribution >= 4 is 16.8 Å². The molecule has 1 heterocycles. The molecule has 2 aromatic carbocycles. The zero-order chi connectivity index (χ0) is 22.5. The molecule has 1 atom stereocenters. The Hall–Kier alpha value is -2.95. The van der Waals surface area contributed by atoms with Crippen molar-refractivity contribution in [2.24, 2.45) is 5.92 Å². The molecule has 0 spiro atoms. The third-order valence-corrected chi connectivity index (χ3v) is 5.82. The molecule has 0 saturated heterocycles. The molecule has 0 radical (unpaired) electrons. The average molecular weight is 420 g/mol. The quantitative estimate of drug-likeness (QED) is 0.498. The average Bonchev–Trinajstić information content (AvgIpc) is 2.78. The van der Waals surface area contributed by atoms with Gasteiger partial charge < -0.3 is 4.90 Å². The largest absolute Gasteiger partial charge is 0.333 e. The second-order valence-corrected chi connectivity index (χ2v) is 8.45. The third kappa shape index (κ3) is 4.87. The fraction of sp³-hybridized carbons (Fsp3) is 0.423. The first-order valence-electron chi connectivity index (χ1n) is 11.3. The molecule has 0 bridgehead atoms. The van der Waals surface area contributed by atoms with Gasteiger partial charge in [0.15, 0.2) is 0 Å². The molecule has 0 saturated carbocycles. The molecule has 0 N–H and O–H groups in total. The lowest BCUT2D eigenvalue weighted by Gasteiger charge is -2.31. The number of hydrogen-bond acceptors (Lipinski definition) is 3. The van der Waals surface area contributed by atoms with E-state index in [1.54, 1.807) is 4.57 Å². The van der Waals surface area contributed by atoms with Crippen LogP contribution in [-0.4, -0.2) is 26.9 Å². The predicted molar refractivity (Wildman–Crippen MR) is 127 cm³/mol. The second-order valence-electron chi connectivity index (χ2n) is 8.45. The Labute approximate surface area is 184 Å². The van der Waals surface area contributed by atoms with E-state index in [1.807, 2.05) is 67.3 Å². The Kier molecular flexibility index (Phi) is 7.26. The Morgan fingerprint density at radius 2 is 1.71 bits per heavy atom. The number of fused-ring (bicyclic) bond motifs is 1. The lowest BCUT2D eigenvalue weighted by Crippen LogP contribution is -2.38. The van der Waals surface area contributed by atoms with Crippen LogP contribution in [0, 0.1) is 5.92 Å². The van der Waals surface area contributed by atoms with Gasteiger partial charge in [0.2, 0.25) is 5.91 Å². The monoisotopic (exact) mass is 419 g/mol. The van der Waals surface area contributed by atoms with Crippen molar-refractivity contribution in [3.63, 3.8) is 0 Å². The molecule has 0 fully saturated rings. The summed E-state index contributed by atoms with van der Waals surface area (Å²) < 4.78 is 1.68. The van der Waals surface area contributed by atoms with Gasteiger partial charge in [-0.25, -0.2) is 4.98 Å². The molecule has 5 nitrogen and oxygen atoms in total.